The van der Waals surface area contributed by atoms with Gasteiger partial charge in [-0.2, -0.15) is 10.2 Å². The molecule has 0 radical (unpaired) electrons. The Balaban J connectivity index is 1.09. The van der Waals surface area contributed by atoms with Gasteiger partial charge in [-0.05, 0) is 38.1 Å². The highest BCUT2D eigenvalue weighted by atomic mass is 19.1. The molecule has 6 rings (SSSR count). The highest BCUT2D eigenvalue weighted by molar-refractivity contribution is 5.95. The minimum absolute atomic E-state index is 0.0726. The van der Waals surface area contributed by atoms with Gasteiger partial charge in [0.05, 0.1) is 29.3 Å². The number of hydrogen-bond acceptors (Lipinski definition) is 10. The van der Waals surface area contributed by atoms with Crippen molar-refractivity contribution in [2.75, 3.05) is 74.0 Å². The number of piperazine rings is 1. The smallest absolute Gasteiger partial charge is 0.225 e. The number of halogens is 1. The number of morpholine rings is 1. The van der Waals surface area contributed by atoms with E-state index in [1.54, 1.807) is 6.20 Å². The molecular formula is C29H36FN9O. The van der Waals surface area contributed by atoms with E-state index in [-0.39, 0.29) is 18.2 Å². The molecule has 0 spiro atoms. The van der Waals surface area contributed by atoms with Crippen molar-refractivity contribution in [3.63, 3.8) is 0 Å². The van der Waals surface area contributed by atoms with Crippen LogP contribution in [0.2, 0.25) is 0 Å². The van der Waals surface area contributed by atoms with E-state index in [4.69, 9.17) is 9.72 Å². The van der Waals surface area contributed by atoms with Crippen molar-refractivity contribution in [2.45, 2.75) is 38.3 Å². The zero-order valence-corrected chi connectivity index (χ0v) is 23.1. The number of alkyl halides is 1. The molecular weight excluding hydrogens is 509 g/mol. The minimum atomic E-state index is -0.941. The number of ether oxygens (including phenoxy) is 1. The number of nitriles is 1. The van der Waals surface area contributed by atoms with Crippen LogP contribution in [0.3, 0.4) is 0 Å². The van der Waals surface area contributed by atoms with Crippen LogP contribution in [0.15, 0.2) is 36.5 Å². The Hall–Kier alpha value is -3.59. The van der Waals surface area contributed by atoms with Gasteiger partial charge in [-0.15, -0.1) is 0 Å². The number of pyridine rings is 1. The van der Waals surface area contributed by atoms with Gasteiger partial charge < -0.3 is 25.2 Å². The maximum atomic E-state index is 14.1. The number of anilines is 3. The third-order valence-electron chi connectivity index (χ3n) is 7.99. The normalized spacial score (nSPS) is 25.8. The third-order valence-corrected chi connectivity index (χ3v) is 7.99. The molecule has 40 heavy (non-hydrogen) atoms. The molecule has 210 valence electrons. The predicted octanol–water partition coefficient (Wildman–Crippen LogP) is 2.34. The second kappa shape index (κ2) is 11.5. The Labute approximate surface area is 234 Å². The Kier molecular flexibility index (Phi) is 7.65. The number of fused-ring (bicyclic) bond motifs is 1. The maximum absolute atomic E-state index is 14.1. The summed E-state index contributed by atoms with van der Waals surface area (Å²) < 4.78 is 20.5. The first-order valence-corrected chi connectivity index (χ1v) is 14.1. The molecule has 3 saturated heterocycles. The zero-order valence-electron chi connectivity index (χ0n) is 23.1. The Morgan fingerprint density at radius 3 is 2.75 bits per heavy atom. The van der Waals surface area contributed by atoms with Crippen LogP contribution in [-0.4, -0.2) is 103 Å². The third kappa shape index (κ3) is 5.66. The van der Waals surface area contributed by atoms with Crippen molar-refractivity contribution in [3.05, 3.63) is 47.8 Å². The highest BCUT2D eigenvalue weighted by Gasteiger charge is 2.30. The van der Waals surface area contributed by atoms with Gasteiger partial charge in [0.1, 0.15) is 18.1 Å². The quantitative estimate of drug-likeness (QED) is 0.480. The van der Waals surface area contributed by atoms with E-state index in [1.165, 1.54) is 0 Å². The Morgan fingerprint density at radius 2 is 1.98 bits per heavy atom. The van der Waals surface area contributed by atoms with Gasteiger partial charge in [0.25, 0.3) is 0 Å². The number of aryl methyl sites for hydroxylation is 1. The molecule has 10 nitrogen and oxygen atoms in total. The fourth-order valence-electron chi connectivity index (χ4n) is 6.05. The highest BCUT2D eigenvalue weighted by Crippen LogP contribution is 2.30. The van der Waals surface area contributed by atoms with E-state index in [2.05, 4.69) is 48.3 Å². The van der Waals surface area contributed by atoms with Crippen LogP contribution in [0.4, 0.5) is 21.8 Å². The molecule has 3 fully saturated rings. The summed E-state index contributed by atoms with van der Waals surface area (Å²) in [5.74, 6) is 1.37. The molecule has 0 amide bonds. The van der Waals surface area contributed by atoms with E-state index in [1.807, 2.05) is 37.3 Å². The van der Waals surface area contributed by atoms with Crippen molar-refractivity contribution in [1.29, 1.82) is 5.26 Å². The van der Waals surface area contributed by atoms with Crippen LogP contribution >= 0.6 is 0 Å². The number of hydrogen-bond donors (Lipinski definition) is 2. The van der Waals surface area contributed by atoms with Gasteiger partial charge in [-0.1, -0.05) is 0 Å². The molecule has 0 unspecified atom stereocenters. The lowest BCUT2D eigenvalue weighted by atomic mass is 10.1. The van der Waals surface area contributed by atoms with E-state index in [9.17, 15) is 9.65 Å². The number of nitrogens with zero attached hydrogens (tertiary/aromatic N) is 7. The number of rotatable bonds is 6. The summed E-state index contributed by atoms with van der Waals surface area (Å²) in [4.78, 5) is 20.8. The monoisotopic (exact) mass is 545 g/mol. The van der Waals surface area contributed by atoms with Gasteiger partial charge in [0.2, 0.25) is 5.95 Å². The van der Waals surface area contributed by atoms with Crippen molar-refractivity contribution in [2.24, 2.45) is 0 Å². The largest absolute Gasteiger partial charge is 0.370 e. The molecule has 5 heterocycles. The summed E-state index contributed by atoms with van der Waals surface area (Å²) in [5, 5.41) is 16.8. The first kappa shape index (κ1) is 26.6. The van der Waals surface area contributed by atoms with Crippen molar-refractivity contribution in [3.8, 4) is 6.07 Å². The standard InChI is InChI=1S/C29H36FN9O/c1-19-12-27(36-29(34-19)35-25-15-32-14-24(25)30)38-10-8-37(9-11-38)17-22-18-39(16-20(2)40-22)26-6-5-21(13-31)28-23(26)4-3-7-33-28/h3-7,12,20,22,24-25,32H,8-11,14-18H2,1-2H3,(H,34,35,36)/t20-,22+,24+,25-/m1/s1. The first-order valence-electron chi connectivity index (χ1n) is 14.1. The summed E-state index contributed by atoms with van der Waals surface area (Å²) in [7, 11) is 0. The molecule has 0 saturated carbocycles. The maximum Gasteiger partial charge on any atom is 0.225 e. The lowest BCUT2D eigenvalue weighted by Gasteiger charge is -2.42. The van der Waals surface area contributed by atoms with Crippen molar-refractivity contribution < 1.29 is 9.13 Å². The molecule has 0 aliphatic carbocycles. The van der Waals surface area contributed by atoms with E-state index >= 15 is 0 Å². The van der Waals surface area contributed by atoms with E-state index in [0.717, 1.165) is 73.9 Å². The molecule has 2 N–H and O–H groups in total. The summed E-state index contributed by atoms with van der Waals surface area (Å²) in [6.07, 6.45) is 0.966. The van der Waals surface area contributed by atoms with Crippen molar-refractivity contribution >= 4 is 28.4 Å². The van der Waals surface area contributed by atoms with E-state index < -0.39 is 6.17 Å². The fourth-order valence-corrected chi connectivity index (χ4v) is 6.05. The zero-order chi connectivity index (χ0) is 27.6. The van der Waals surface area contributed by atoms with Gasteiger partial charge in [-0.3, -0.25) is 9.88 Å². The Morgan fingerprint density at radius 1 is 1.12 bits per heavy atom. The van der Waals surface area contributed by atoms with Crippen LogP contribution in [0.1, 0.15) is 18.2 Å². The molecule has 4 atom stereocenters. The second-order valence-corrected chi connectivity index (χ2v) is 11.0. The van der Waals surface area contributed by atoms with Gasteiger partial charge in [-0.25, -0.2) is 9.37 Å². The molecule has 3 aromatic rings. The number of benzene rings is 1. The molecule has 11 heteroatoms. The predicted molar refractivity (Wildman–Crippen MR) is 154 cm³/mol. The van der Waals surface area contributed by atoms with E-state index in [0.29, 0.717) is 24.6 Å². The summed E-state index contributed by atoms with van der Waals surface area (Å²) in [6, 6.07) is 11.8. The SMILES string of the molecule is Cc1cc(N2CCN(C[C@H]3CN(c4ccc(C#N)c5ncccc45)C[C@@H](C)O3)CC2)nc(N[C@@H]2CNC[C@@H]2F)n1. The number of nitrogens with one attached hydrogen (secondary N) is 2. The summed E-state index contributed by atoms with van der Waals surface area (Å²) in [5.41, 5.74) is 3.31. The molecule has 2 aromatic heterocycles. The first-order chi connectivity index (χ1) is 19.5. The van der Waals surface area contributed by atoms with Crippen LogP contribution in [0.5, 0.6) is 0 Å². The average Bonchev–Trinajstić information content (AvgIpc) is 3.36. The van der Waals surface area contributed by atoms with Crippen LogP contribution in [0, 0.1) is 18.3 Å². The van der Waals surface area contributed by atoms with Gasteiger partial charge >= 0.3 is 0 Å². The van der Waals surface area contributed by atoms with Crippen LogP contribution in [0.25, 0.3) is 10.9 Å². The van der Waals surface area contributed by atoms with Crippen LogP contribution in [-0.2, 0) is 4.74 Å². The summed E-state index contributed by atoms with van der Waals surface area (Å²) in [6.45, 7) is 11.0. The minimum Gasteiger partial charge on any atom is -0.370 e. The topological polar surface area (TPSA) is 105 Å². The molecule has 3 aliphatic rings. The van der Waals surface area contributed by atoms with Crippen LogP contribution < -0.4 is 20.4 Å². The number of aromatic nitrogens is 3. The van der Waals surface area contributed by atoms with Gasteiger partial charge in [0, 0.05) is 87.9 Å². The molecule has 3 aliphatic heterocycles. The fraction of sp³-hybridized carbons (Fsp3) is 0.517. The molecule has 1 aromatic carbocycles. The molecule has 0 bridgehead atoms. The lowest BCUT2D eigenvalue weighted by molar-refractivity contribution is -0.0327. The summed E-state index contributed by atoms with van der Waals surface area (Å²) >= 11 is 0. The second-order valence-electron chi connectivity index (χ2n) is 11.0. The van der Waals surface area contributed by atoms with Crippen molar-refractivity contribution in [1.82, 2.24) is 25.2 Å². The lowest BCUT2D eigenvalue weighted by Crippen LogP contribution is -2.54. The Bertz CT molecular complexity index is 1390. The average molecular weight is 546 g/mol. The van der Waals surface area contributed by atoms with Gasteiger partial charge in [0.15, 0.2) is 0 Å².